The third-order valence-corrected chi connectivity index (χ3v) is 14.2. The van der Waals surface area contributed by atoms with Crippen LogP contribution in [0.3, 0.4) is 0 Å². The molecule has 432 valence electrons. The summed E-state index contributed by atoms with van der Waals surface area (Å²) in [6, 6.07) is 0. The standard InChI is InChI=1S/C54H104O17P2/c1-6-9-12-15-17-18-19-20-21-23-30-35-40-54(59)71-50(44-65-52(57)38-33-28-25-24-27-31-36-47(4)5)46-69-73(62,63)67-42-48(55)41-66-72(60,61)68-45-49(43-64-51(56)37-32-26-14-11-8-3)70-53(58)39-34-29-22-16-13-10-7-2/h47-50,55H,6-46H2,1-5H3,(H,60,61)(H,62,63)/t48-,49+,50+/m0/s1. The number of esters is 4. The molecule has 5 atom stereocenters. The van der Waals surface area contributed by atoms with E-state index >= 15 is 0 Å². The normalized spacial score (nSPS) is 14.5. The first-order valence-electron chi connectivity index (χ1n) is 28.6. The number of phosphoric ester groups is 2. The number of unbranched alkanes of at least 4 members (excludes halogenated alkanes) is 26. The van der Waals surface area contributed by atoms with E-state index in [0.717, 1.165) is 116 Å². The van der Waals surface area contributed by atoms with E-state index in [1.165, 1.54) is 57.8 Å². The van der Waals surface area contributed by atoms with Gasteiger partial charge in [-0.15, -0.1) is 0 Å². The number of carbonyl (C=O) groups excluding carboxylic acids is 4. The lowest BCUT2D eigenvalue weighted by Crippen LogP contribution is -2.30. The Morgan fingerprint density at radius 1 is 0.370 bits per heavy atom. The minimum Gasteiger partial charge on any atom is -0.462 e. The highest BCUT2D eigenvalue weighted by molar-refractivity contribution is 7.47. The van der Waals surface area contributed by atoms with Gasteiger partial charge in [0, 0.05) is 25.7 Å². The lowest BCUT2D eigenvalue weighted by Gasteiger charge is -2.21. The first kappa shape index (κ1) is 71.1. The van der Waals surface area contributed by atoms with Gasteiger partial charge in [0.05, 0.1) is 26.4 Å². The van der Waals surface area contributed by atoms with Crippen LogP contribution in [0.5, 0.6) is 0 Å². The molecule has 0 heterocycles. The molecular formula is C54H104O17P2. The fourth-order valence-electron chi connectivity index (χ4n) is 7.81. The molecule has 2 unspecified atom stereocenters. The second-order valence-electron chi connectivity index (χ2n) is 20.1. The van der Waals surface area contributed by atoms with Gasteiger partial charge in [0.2, 0.25) is 0 Å². The predicted octanol–water partition coefficient (Wildman–Crippen LogP) is 13.9. The van der Waals surface area contributed by atoms with E-state index in [4.69, 9.17) is 37.0 Å². The van der Waals surface area contributed by atoms with E-state index in [1.807, 2.05) is 0 Å². The summed E-state index contributed by atoms with van der Waals surface area (Å²) in [5.74, 6) is -1.48. The molecule has 0 aromatic heterocycles. The maximum Gasteiger partial charge on any atom is 0.472 e. The Labute approximate surface area is 441 Å². The molecule has 0 aromatic carbocycles. The Kier molecular flexibility index (Phi) is 47.1. The monoisotopic (exact) mass is 1090 g/mol. The third kappa shape index (κ3) is 49.4. The molecular weight excluding hydrogens is 983 g/mol. The first-order chi connectivity index (χ1) is 35.0. The van der Waals surface area contributed by atoms with Gasteiger partial charge in [-0.25, -0.2) is 9.13 Å². The van der Waals surface area contributed by atoms with E-state index in [2.05, 4.69) is 34.6 Å². The van der Waals surface area contributed by atoms with Gasteiger partial charge in [-0.05, 0) is 31.6 Å². The number of hydrogen-bond donors (Lipinski definition) is 3. The summed E-state index contributed by atoms with van der Waals surface area (Å²) in [7, 11) is -9.85. The Bertz CT molecular complexity index is 1450. The molecule has 0 aliphatic carbocycles. The number of ether oxygens (including phenoxy) is 4. The largest absolute Gasteiger partial charge is 0.472 e. The quantitative estimate of drug-likeness (QED) is 0.0222. The Hall–Kier alpha value is -1.94. The van der Waals surface area contributed by atoms with Crippen molar-refractivity contribution in [3.05, 3.63) is 0 Å². The smallest absolute Gasteiger partial charge is 0.462 e. The number of rotatable bonds is 54. The van der Waals surface area contributed by atoms with Crippen molar-refractivity contribution in [2.75, 3.05) is 39.6 Å². The highest BCUT2D eigenvalue weighted by Crippen LogP contribution is 2.45. The average Bonchev–Trinajstić information content (AvgIpc) is 3.35. The zero-order valence-electron chi connectivity index (χ0n) is 46.3. The van der Waals surface area contributed by atoms with Crippen molar-refractivity contribution in [2.24, 2.45) is 5.92 Å². The molecule has 0 rings (SSSR count). The molecule has 0 amide bonds. The summed E-state index contributed by atoms with van der Waals surface area (Å²) in [6.45, 7) is 6.90. The summed E-state index contributed by atoms with van der Waals surface area (Å²) in [4.78, 5) is 71.3. The summed E-state index contributed by atoms with van der Waals surface area (Å²) in [6.07, 6.45) is 28.6. The zero-order valence-corrected chi connectivity index (χ0v) is 48.0. The van der Waals surface area contributed by atoms with Crippen LogP contribution in [0.2, 0.25) is 0 Å². The van der Waals surface area contributed by atoms with Gasteiger partial charge in [0.1, 0.15) is 19.3 Å². The topological polar surface area (TPSA) is 237 Å². The fraction of sp³-hybridized carbons (Fsp3) is 0.926. The molecule has 17 nitrogen and oxygen atoms in total. The SMILES string of the molecule is CCCCCCCCCCCCCCC(=O)O[C@H](COC(=O)CCCCCCCCC(C)C)COP(=O)(O)OC[C@@H](O)COP(=O)(O)OC[C@@H](COC(=O)CCCCCCC)OC(=O)CCCCCCCCC. The van der Waals surface area contributed by atoms with Crippen molar-refractivity contribution in [1.82, 2.24) is 0 Å². The van der Waals surface area contributed by atoms with Crippen LogP contribution >= 0.6 is 15.6 Å². The second kappa shape index (κ2) is 48.4. The van der Waals surface area contributed by atoms with Gasteiger partial charge < -0.3 is 33.8 Å². The van der Waals surface area contributed by atoms with E-state index in [1.54, 1.807) is 0 Å². The molecule has 0 fully saturated rings. The summed E-state index contributed by atoms with van der Waals surface area (Å²) >= 11 is 0. The van der Waals surface area contributed by atoms with Crippen molar-refractivity contribution in [3.8, 4) is 0 Å². The molecule has 0 spiro atoms. The Morgan fingerprint density at radius 2 is 0.630 bits per heavy atom. The lowest BCUT2D eigenvalue weighted by atomic mass is 10.0. The number of carbonyl (C=O) groups is 4. The summed E-state index contributed by atoms with van der Waals surface area (Å²) < 4.78 is 67.2. The van der Waals surface area contributed by atoms with Crippen LogP contribution in [0, 0.1) is 5.92 Å². The molecule has 0 radical (unpaired) electrons. The highest BCUT2D eigenvalue weighted by Gasteiger charge is 2.30. The van der Waals surface area contributed by atoms with Crippen LogP contribution in [0.25, 0.3) is 0 Å². The molecule has 0 saturated carbocycles. The number of aliphatic hydroxyl groups excluding tert-OH is 1. The summed E-state index contributed by atoms with van der Waals surface area (Å²) in [5.41, 5.74) is 0. The van der Waals surface area contributed by atoms with Crippen molar-refractivity contribution in [1.29, 1.82) is 0 Å². The fourth-order valence-corrected chi connectivity index (χ4v) is 9.39. The van der Waals surface area contributed by atoms with Gasteiger partial charge in [0.15, 0.2) is 12.2 Å². The molecule has 0 aliphatic heterocycles. The van der Waals surface area contributed by atoms with Crippen LogP contribution in [0.1, 0.15) is 259 Å². The zero-order chi connectivity index (χ0) is 54.3. The molecule has 73 heavy (non-hydrogen) atoms. The summed E-state index contributed by atoms with van der Waals surface area (Å²) in [5, 5.41) is 10.4. The Balaban J connectivity index is 5.17. The molecule has 0 aromatic rings. The van der Waals surface area contributed by atoms with Crippen LogP contribution in [-0.2, 0) is 65.4 Å². The van der Waals surface area contributed by atoms with E-state index in [9.17, 15) is 43.2 Å². The van der Waals surface area contributed by atoms with Crippen LogP contribution in [0.15, 0.2) is 0 Å². The van der Waals surface area contributed by atoms with E-state index in [-0.39, 0.29) is 25.7 Å². The first-order valence-corrected chi connectivity index (χ1v) is 31.6. The number of phosphoric acid groups is 2. The minimum absolute atomic E-state index is 0.103. The maximum absolute atomic E-state index is 12.9. The molecule has 0 saturated heterocycles. The second-order valence-corrected chi connectivity index (χ2v) is 23.0. The molecule has 0 bridgehead atoms. The average molecular weight is 1090 g/mol. The lowest BCUT2D eigenvalue weighted by molar-refractivity contribution is -0.161. The molecule has 3 N–H and O–H groups in total. The van der Waals surface area contributed by atoms with Gasteiger partial charge in [0.25, 0.3) is 0 Å². The maximum atomic E-state index is 12.9. The molecule has 19 heteroatoms. The number of hydrogen-bond acceptors (Lipinski definition) is 15. The number of aliphatic hydroxyl groups is 1. The van der Waals surface area contributed by atoms with Crippen molar-refractivity contribution < 1.29 is 80.2 Å². The van der Waals surface area contributed by atoms with Gasteiger partial charge in [-0.3, -0.25) is 37.3 Å². The van der Waals surface area contributed by atoms with Crippen molar-refractivity contribution in [3.63, 3.8) is 0 Å². The van der Waals surface area contributed by atoms with Crippen molar-refractivity contribution >= 4 is 39.5 Å². The van der Waals surface area contributed by atoms with Gasteiger partial charge in [-0.1, -0.05) is 208 Å². The van der Waals surface area contributed by atoms with Crippen molar-refractivity contribution in [2.45, 2.75) is 278 Å². The van der Waals surface area contributed by atoms with Gasteiger partial charge in [-0.2, -0.15) is 0 Å². The van der Waals surface area contributed by atoms with E-state index in [0.29, 0.717) is 31.6 Å². The minimum atomic E-state index is -4.93. The van der Waals surface area contributed by atoms with Crippen LogP contribution < -0.4 is 0 Å². The van der Waals surface area contributed by atoms with E-state index < -0.39 is 97.5 Å². The highest BCUT2D eigenvalue weighted by atomic mass is 31.2. The molecule has 0 aliphatic rings. The van der Waals surface area contributed by atoms with Crippen LogP contribution in [0.4, 0.5) is 0 Å². The predicted molar refractivity (Wildman–Crippen MR) is 285 cm³/mol. The van der Waals surface area contributed by atoms with Crippen LogP contribution in [-0.4, -0.2) is 96.7 Å². The van der Waals surface area contributed by atoms with Gasteiger partial charge >= 0.3 is 39.5 Å². The Morgan fingerprint density at radius 3 is 0.932 bits per heavy atom. The third-order valence-electron chi connectivity index (χ3n) is 12.3.